The van der Waals surface area contributed by atoms with Gasteiger partial charge in [0, 0.05) is 12.8 Å². The monoisotopic (exact) mass is 510 g/mol. The average molecular weight is 511 g/mol. The molecule has 2 atom stereocenters. The quantitative estimate of drug-likeness (QED) is 0.0928. The number of hydrogen-bond donors (Lipinski definition) is 1. The van der Waals surface area contributed by atoms with E-state index in [1.165, 1.54) is 64.2 Å². The zero-order chi connectivity index (χ0) is 27.1. The summed E-state index contributed by atoms with van der Waals surface area (Å²) in [4.78, 5) is 23.8. The van der Waals surface area contributed by atoms with Gasteiger partial charge in [-0.3, -0.25) is 9.59 Å². The largest absolute Gasteiger partial charge is 0.481 e. The van der Waals surface area contributed by atoms with Crippen LogP contribution in [0, 0.1) is 11.8 Å². The van der Waals surface area contributed by atoms with Crippen molar-refractivity contribution in [2.45, 2.75) is 181 Å². The molecule has 0 heterocycles. The minimum Gasteiger partial charge on any atom is -0.481 e. The molecule has 0 rings (SSSR count). The van der Waals surface area contributed by atoms with Crippen molar-refractivity contribution in [1.29, 1.82) is 0 Å². The van der Waals surface area contributed by atoms with E-state index in [1.807, 2.05) is 0 Å². The lowest BCUT2D eigenvalue weighted by Gasteiger charge is -2.44. The summed E-state index contributed by atoms with van der Waals surface area (Å²) in [6.07, 6.45) is 23.5. The molecule has 0 aliphatic rings. The molecule has 36 heavy (non-hydrogen) atoms. The third kappa shape index (κ3) is 16.6. The van der Waals surface area contributed by atoms with Crippen LogP contribution in [-0.2, 0) is 14.3 Å². The highest BCUT2D eigenvalue weighted by molar-refractivity contribution is 5.70. The summed E-state index contributed by atoms with van der Waals surface area (Å²) in [5.41, 5.74) is -0.332. The normalized spacial score (nSPS) is 14.8. The van der Waals surface area contributed by atoms with Crippen molar-refractivity contribution in [1.82, 2.24) is 0 Å². The molecule has 0 fully saturated rings. The van der Waals surface area contributed by atoms with E-state index >= 15 is 0 Å². The Bertz CT molecular complexity index is 516. The summed E-state index contributed by atoms with van der Waals surface area (Å²) in [6, 6.07) is 0. The molecule has 0 aliphatic carbocycles. The number of unbranched alkanes of at least 4 members (excludes halogenated alkanes) is 13. The van der Waals surface area contributed by atoms with Crippen LogP contribution < -0.4 is 0 Å². The molecular weight excluding hydrogens is 448 g/mol. The fraction of sp³-hybridized carbons (Fsp3) is 0.938. The summed E-state index contributed by atoms with van der Waals surface area (Å²) in [5, 5.41) is 8.74. The maximum atomic E-state index is 13.1. The van der Waals surface area contributed by atoms with Crippen LogP contribution in [-0.4, -0.2) is 22.6 Å². The van der Waals surface area contributed by atoms with Crippen LogP contribution in [0.25, 0.3) is 0 Å². The third-order valence-corrected chi connectivity index (χ3v) is 8.15. The molecule has 0 aromatic rings. The van der Waals surface area contributed by atoms with Gasteiger partial charge in [0.1, 0.15) is 5.60 Å². The second-order valence-corrected chi connectivity index (χ2v) is 11.4. The molecule has 4 nitrogen and oxygen atoms in total. The van der Waals surface area contributed by atoms with Crippen LogP contribution in [0.1, 0.15) is 176 Å². The average Bonchev–Trinajstić information content (AvgIpc) is 2.85. The first-order valence-corrected chi connectivity index (χ1v) is 15.8. The van der Waals surface area contributed by atoms with Crippen LogP contribution in [0.4, 0.5) is 0 Å². The van der Waals surface area contributed by atoms with Crippen LogP contribution >= 0.6 is 0 Å². The number of ether oxygens (including phenoxy) is 1. The smallest absolute Gasteiger partial charge is 0.306 e. The van der Waals surface area contributed by atoms with Crippen LogP contribution in [0.3, 0.4) is 0 Å². The minimum absolute atomic E-state index is 0.00415. The molecule has 0 aliphatic heterocycles. The Morgan fingerprint density at radius 3 is 1.50 bits per heavy atom. The lowest BCUT2D eigenvalue weighted by atomic mass is 9.71. The molecule has 214 valence electrons. The van der Waals surface area contributed by atoms with E-state index in [0.717, 1.165) is 64.2 Å². The van der Waals surface area contributed by atoms with Gasteiger partial charge in [-0.05, 0) is 50.4 Å². The Hall–Kier alpha value is -1.06. The Morgan fingerprint density at radius 2 is 1.03 bits per heavy atom. The number of rotatable bonds is 26. The van der Waals surface area contributed by atoms with E-state index in [9.17, 15) is 9.59 Å². The molecule has 0 saturated heterocycles. The van der Waals surface area contributed by atoms with Gasteiger partial charge in [-0.15, -0.1) is 0 Å². The minimum atomic E-state index is -0.709. The zero-order valence-electron chi connectivity index (χ0n) is 24.9. The van der Waals surface area contributed by atoms with E-state index < -0.39 is 5.97 Å². The number of hydrogen-bond acceptors (Lipinski definition) is 3. The van der Waals surface area contributed by atoms with Crippen LogP contribution in [0.15, 0.2) is 0 Å². The summed E-state index contributed by atoms with van der Waals surface area (Å²) in [7, 11) is 0. The van der Waals surface area contributed by atoms with Gasteiger partial charge in [0.05, 0.1) is 0 Å². The SMILES string of the molecule is CCCCCCCCCC(OC(=O)CCCCCCCCC(=O)O)(C(C)CCCC)C(C)CCCC. The number of carbonyl (C=O) groups excluding carboxylic acids is 1. The summed E-state index contributed by atoms with van der Waals surface area (Å²) < 4.78 is 6.57. The van der Waals surface area contributed by atoms with E-state index in [0.29, 0.717) is 18.3 Å². The van der Waals surface area contributed by atoms with E-state index in [-0.39, 0.29) is 18.0 Å². The van der Waals surface area contributed by atoms with Gasteiger partial charge in [0.25, 0.3) is 0 Å². The van der Waals surface area contributed by atoms with Crippen molar-refractivity contribution in [3.05, 3.63) is 0 Å². The molecule has 0 amide bonds. The molecular formula is C32H62O4. The summed E-state index contributed by atoms with van der Waals surface area (Å²) in [6.45, 7) is 11.4. The second-order valence-electron chi connectivity index (χ2n) is 11.4. The number of carboxylic acid groups (broad SMARTS) is 1. The Kier molecular flexibility index (Phi) is 22.4. The molecule has 4 heteroatoms. The Labute approximate surface area is 224 Å². The van der Waals surface area contributed by atoms with Crippen molar-refractivity contribution >= 4 is 11.9 Å². The lowest BCUT2D eigenvalue weighted by Crippen LogP contribution is -2.47. The number of carboxylic acids is 1. The summed E-state index contributed by atoms with van der Waals surface area (Å²) in [5.74, 6) is 0.0692. The van der Waals surface area contributed by atoms with E-state index in [1.54, 1.807) is 0 Å². The van der Waals surface area contributed by atoms with E-state index in [4.69, 9.17) is 9.84 Å². The molecule has 1 N–H and O–H groups in total. The zero-order valence-corrected chi connectivity index (χ0v) is 24.9. The first-order valence-electron chi connectivity index (χ1n) is 15.8. The predicted octanol–water partition coefficient (Wildman–Crippen LogP) is 10.3. The third-order valence-electron chi connectivity index (χ3n) is 8.15. The van der Waals surface area contributed by atoms with Crippen molar-refractivity contribution in [3.63, 3.8) is 0 Å². The molecule has 0 radical (unpaired) electrons. The van der Waals surface area contributed by atoms with Crippen molar-refractivity contribution in [2.75, 3.05) is 0 Å². The maximum absolute atomic E-state index is 13.1. The van der Waals surface area contributed by atoms with E-state index in [2.05, 4.69) is 34.6 Å². The summed E-state index contributed by atoms with van der Waals surface area (Å²) >= 11 is 0. The molecule has 0 aromatic carbocycles. The van der Waals surface area contributed by atoms with Crippen molar-refractivity contribution < 1.29 is 19.4 Å². The van der Waals surface area contributed by atoms with Gasteiger partial charge in [-0.1, -0.05) is 125 Å². The van der Waals surface area contributed by atoms with Gasteiger partial charge in [-0.25, -0.2) is 0 Å². The first kappa shape index (κ1) is 34.9. The Balaban J connectivity index is 5.00. The molecule has 0 bridgehead atoms. The van der Waals surface area contributed by atoms with Gasteiger partial charge in [0.15, 0.2) is 0 Å². The number of carbonyl (C=O) groups is 2. The molecule has 0 aromatic heterocycles. The number of aliphatic carboxylic acids is 1. The van der Waals surface area contributed by atoms with Gasteiger partial charge in [-0.2, -0.15) is 0 Å². The van der Waals surface area contributed by atoms with Crippen LogP contribution in [0.2, 0.25) is 0 Å². The molecule has 0 saturated carbocycles. The molecule has 0 spiro atoms. The highest BCUT2D eigenvalue weighted by Crippen LogP contribution is 2.41. The highest BCUT2D eigenvalue weighted by atomic mass is 16.6. The molecule has 2 unspecified atom stereocenters. The van der Waals surface area contributed by atoms with Crippen LogP contribution in [0.5, 0.6) is 0 Å². The fourth-order valence-electron chi connectivity index (χ4n) is 5.61. The first-order chi connectivity index (χ1) is 17.3. The standard InChI is InChI=1S/C32H62O4/c1-6-9-12-13-16-19-22-27-32(28(4)23-10-7-2,29(5)24-11-8-3)36-31(35)26-21-18-15-14-17-20-25-30(33)34/h28-29H,6-27H2,1-5H3,(H,33,34). The second kappa shape index (κ2) is 23.1. The predicted molar refractivity (Wildman–Crippen MR) is 153 cm³/mol. The topological polar surface area (TPSA) is 63.6 Å². The lowest BCUT2D eigenvalue weighted by molar-refractivity contribution is -0.177. The highest BCUT2D eigenvalue weighted by Gasteiger charge is 2.43. The van der Waals surface area contributed by atoms with Gasteiger partial charge in [0.2, 0.25) is 0 Å². The maximum Gasteiger partial charge on any atom is 0.306 e. The van der Waals surface area contributed by atoms with Gasteiger partial charge >= 0.3 is 11.9 Å². The van der Waals surface area contributed by atoms with Crippen molar-refractivity contribution in [2.24, 2.45) is 11.8 Å². The Morgan fingerprint density at radius 1 is 0.611 bits per heavy atom. The van der Waals surface area contributed by atoms with Gasteiger partial charge < -0.3 is 9.84 Å². The van der Waals surface area contributed by atoms with Crippen molar-refractivity contribution in [3.8, 4) is 0 Å². The fourth-order valence-corrected chi connectivity index (χ4v) is 5.61. The number of esters is 1.